The molecule has 2 aromatic carbocycles. The SMILES string of the molecule is CCN(CC(F)(F)F)C(=O)c1ccc(OC)cc1N1CCC(COc2cccc(C(CC(=O)O)C3CC3)c2)CC1. The van der Waals surface area contributed by atoms with E-state index in [4.69, 9.17) is 9.47 Å². The fourth-order valence-electron chi connectivity index (χ4n) is 5.43. The van der Waals surface area contributed by atoms with E-state index in [1.165, 1.54) is 20.1 Å². The number of methoxy groups -OCH3 is 1. The van der Waals surface area contributed by atoms with Gasteiger partial charge in [0.15, 0.2) is 0 Å². The molecule has 0 spiro atoms. The predicted octanol–water partition coefficient (Wildman–Crippen LogP) is 5.98. The van der Waals surface area contributed by atoms with Gasteiger partial charge in [0.25, 0.3) is 5.91 Å². The third-order valence-corrected chi connectivity index (χ3v) is 7.79. The highest BCUT2D eigenvalue weighted by atomic mass is 19.4. The van der Waals surface area contributed by atoms with Crippen molar-refractivity contribution in [2.45, 2.75) is 51.1 Å². The minimum atomic E-state index is -4.48. The lowest BCUT2D eigenvalue weighted by Crippen LogP contribution is -2.41. The van der Waals surface area contributed by atoms with Gasteiger partial charge in [-0.1, -0.05) is 12.1 Å². The number of carbonyl (C=O) groups excluding carboxylic acids is 1. The number of rotatable bonds is 12. The summed E-state index contributed by atoms with van der Waals surface area (Å²) in [7, 11) is 1.51. The molecule has 10 heteroatoms. The molecule has 1 heterocycles. The van der Waals surface area contributed by atoms with Crippen molar-refractivity contribution in [3.63, 3.8) is 0 Å². The van der Waals surface area contributed by atoms with Crippen molar-refractivity contribution >= 4 is 17.6 Å². The number of carbonyl (C=O) groups is 2. The van der Waals surface area contributed by atoms with Gasteiger partial charge in [0.1, 0.15) is 18.0 Å². The zero-order chi connectivity index (χ0) is 28.9. The van der Waals surface area contributed by atoms with Crippen LogP contribution < -0.4 is 14.4 Å². The Morgan fingerprint density at radius 2 is 1.80 bits per heavy atom. The Bertz CT molecular complexity index is 1180. The van der Waals surface area contributed by atoms with Crippen LogP contribution in [0.2, 0.25) is 0 Å². The molecule has 0 radical (unpaired) electrons. The number of piperidine rings is 1. The maximum absolute atomic E-state index is 13.1. The normalized spacial score (nSPS) is 16.9. The molecule has 7 nitrogen and oxygen atoms in total. The summed E-state index contributed by atoms with van der Waals surface area (Å²) in [6.45, 7) is 1.93. The number of aliphatic carboxylic acids is 1. The number of hydrogen-bond acceptors (Lipinski definition) is 5. The van der Waals surface area contributed by atoms with Crippen molar-refractivity contribution in [3.05, 3.63) is 53.6 Å². The van der Waals surface area contributed by atoms with Crippen LogP contribution >= 0.6 is 0 Å². The lowest BCUT2D eigenvalue weighted by atomic mass is 9.91. The summed E-state index contributed by atoms with van der Waals surface area (Å²) >= 11 is 0. The van der Waals surface area contributed by atoms with E-state index in [2.05, 4.69) is 0 Å². The molecular weight excluding hydrogens is 525 g/mol. The van der Waals surface area contributed by atoms with Gasteiger partial charge in [-0.25, -0.2) is 0 Å². The van der Waals surface area contributed by atoms with Crippen molar-refractivity contribution in [2.75, 3.05) is 44.8 Å². The van der Waals surface area contributed by atoms with E-state index < -0.39 is 24.6 Å². The molecule has 1 aliphatic heterocycles. The van der Waals surface area contributed by atoms with Crippen LogP contribution in [0.3, 0.4) is 0 Å². The van der Waals surface area contributed by atoms with Crippen LogP contribution in [0.5, 0.6) is 11.5 Å². The molecule has 2 aromatic rings. The molecule has 2 fully saturated rings. The van der Waals surface area contributed by atoms with Crippen LogP contribution in [-0.2, 0) is 4.79 Å². The number of nitrogens with zero attached hydrogens (tertiary/aromatic N) is 2. The smallest absolute Gasteiger partial charge is 0.406 e. The molecule has 1 saturated carbocycles. The largest absolute Gasteiger partial charge is 0.497 e. The van der Waals surface area contributed by atoms with Crippen molar-refractivity contribution < 1.29 is 37.3 Å². The number of carboxylic acid groups (broad SMARTS) is 1. The van der Waals surface area contributed by atoms with Crippen LogP contribution in [0.15, 0.2) is 42.5 Å². The summed E-state index contributed by atoms with van der Waals surface area (Å²) in [4.78, 5) is 27.3. The summed E-state index contributed by atoms with van der Waals surface area (Å²) in [5, 5.41) is 9.32. The highest BCUT2D eigenvalue weighted by molar-refractivity contribution is 6.00. The molecule has 1 unspecified atom stereocenters. The zero-order valence-corrected chi connectivity index (χ0v) is 23.0. The molecule has 0 aromatic heterocycles. The Balaban J connectivity index is 1.39. The maximum Gasteiger partial charge on any atom is 0.406 e. The van der Waals surface area contributed by atoms with Gasteiger partial charge in [0.2, 0.25) is 0 Å². The molecule has 4 rings (SSSR count). The summed E-state index contributed by atoms with van der Waals surface area (Å²) in [6.07, 6.45) is -0.677. The summed E-state index contributed by atoms with van der Waals surface area (Å²) in [5.74, 6) is 0.490. The highest BCUT2D eigenvalue weighted by Crippen LogP contribution is 2.45. The molecular formula is C30H37F3N2O5. The zero-order valence-electron chi connectivity index (χ0n) is 23.0. The third kappa shape index (κ3) is 7.82. The Morgan fingerprint density at radius 1 is 1.07 bits per heavy atom. The lowest BCUT2D eigenvalue weighted by Gasteiger charge is -2.35. The van der Waals surface area contributed by atoms with Crippen molar-refractivity contribution in [2.24, 2.45) is 11.8 Å². The summed E-state index contributed by atoms with van der Waals surface area (Å²) < 4.78 is 50.7. The number of carboxylic acids is 1. The fourth-order valence-corrected chi connectivity index (χ4v) is 5.43. The van der Waals surface area contributed by atoms with E-state index in [9.17, 15) is 27.9 Å². The molecule has 1 amide bonds. The number of benzene rings is 2. The lowest BCUT2D eigenvalue weighted by molar-refractivity contribution is -0.140. The van der Waals surface area contributed by atoms with Crippen LogP contribution in [0, 0.1) is 11.8 Å². The van der Waals surface area contributed by atoms with Crippen molar-refractivity contribution in [1.29, 1.82) is 0 Å². The second kappa shape index (κ2) is 12.8. The van der Waals surface area contributed by atoms with Gasteiger partial charge in [0, 0.05) is 25.7 Å². The average molecular weight is 563 g/mol. The van der Waals surface area contributed by atoms with E-state index in [-0.39, 0.29) is 30.4 Å². The minimum Gasteiger partial charge on any atom is -0.497 e. The Labute approximate surface area is 232 Å². The first-order valence-electron chi connectivity index (χ1n) is 13.8. The van der Waals surface area contributed by atoms with Gasteiger partial charge in [-0.15, -0.1) is 0 Å². The second-order valence-electron chi connectivity index (χ2n) is 10.7. The Morgan fingerprint density at radius 3 is 2.40 bits per heavy atom. The quantitative estimate of drug-likeness (QED) is 0.343. The topological polar surface area (TPSA) is 79.3 Å². The van der Waals surface area contributed by atoms with Gasteiger partial charge in [-0.3, -0.25) is 9.59 Å². The molecule has 218 valence electrons. The first-order chi connectivity index (χ1) is 19.1. The molecule has 1 atom stereocenters. The van der Waals surface area contributed by atoms with Crippen LogP contribution in [0.25, 0.3) is 0 Å². The molecule has 40 heavy (non-hydrogen) atoms. The highest BCUT2D eigenvalue weighted by Gasteiger charge is 2.35. The van der Waals surface area contributed by atoms with Crippen LogP contribution in [0.4, 0.5) is 18.9 Å². The summed E-state index contributed by atoms with van der Waals surface area (Å²) in [6, 6.07) is 12.6. The molecule has 1 N–H and O–H groups in total. The second-order valence-corrected chi connectivity index (χ2v) is 10.7. The number of anilines is 1. The maximum atomic E-state index is 13.1. The Kier molecular flexibility index (Phi) is 9.48. The summed E-state index contributed by atoms with van der Waals surface area (Å²) in [5.41, 5.74) is 1.80. The minimum absolute atomic E-state index is 0.00354. The third-order valence-electron chi connectivity index (χ3n) is 7.79. The van der Waals surface area contributed by atoms with Gasteiger partial charge in [0.05, 0.1) is 31.4 Å². The first kappa shape index (κ1) is 29.6. The van der Waals surface area contributed by atoms with Crippen LogP contribution in [0.1, 0.15) is 60.9 Å². The first-order valence-corrected chi connectivity index (χ1v) is 13.8. The van der Waals surface area contributed by atoms with Gasteiger partial charge in [-0.2, -0.15) is 13.2 Å². The van der Waals surface area contributed by atoms with Crippen LogP contribution in [-0.4, -0.2) is 68.0 Å². The van der Waals surface area contributed by atoms with E-state index >= 15 is 0 Å². The van der Waals surface area contributed by atoms with Crippen molar-refractivity contribution in [3.8, 4) is 11.5 Å². The van der Waals surface area contributed by atoms with E-state index in [1.807, 2.05) is 29.2 Å². The van der Waals surface area contributed by atoms with Gasteiger partial charge in [-0.05, 0) is 80.2 Å². The predicted molar refractivity (Wildman–Crippen MR) is 145 cm³/mol. The average Bonchev–Trinajstić information content (AvgIpc) is 3.78. The standard InChI is InChI=1S/C30H37F3N2O5/c1-3-34(19-30(31,32)33)29(38)25-10-9-23(39-2)16-27(25)35-13-11-20(12-14-35)18-40-24-6-4-5-22(15-24)26(17-28(36)37)21-7-8-21/h4-6,9-10,15-16,20-21,26H,3,7-8,11-14,17-19H2,1-2H3,(H,36,37). The molecule has 2 aliphatic rings. The number of amides is 1. The molecule has 1 saturated heterocycles. The molecule has 0 bridgehead atoms. The van der Waals surface area contributed by atoms with E-state index in [0.29, 0.717) is 37.1 Å². The van der Waals surface area contributed by atoms with E-state index in [1.54, 1.807) is 12.1 Å². The number of alkyl halides is 3. The van der Waals surface area contributed by atoms with Crippen molar-refractivity contribution in [1.82, 2.24) is 4.90 Å². The fraction of sp³-hybridized carbons (Fsp3) is 0.533. The number of halogens is 3. The van der Waals surface area contributed by atoms with Gasteiger partial charge >= 0.3 is 12.1 Å². The van der Waals surface area contributed by atoms with E-state index in [0.717, 1.165) is 41.9 Å². The number of hydrogen-bond donors (Lipinski definition) is 1. The monoisotopic (exact) mass is 562 g/mol. The Hall–Kier alpha value is -3.43. The number of ether oxygens (including phenoxy) is 2. The van der Waals surface area contributed by atoms with Gasteiger partial charge < -0.3 is 24.4 Å². The molecule has 1 aliphatic carbocycles.